The second kappa shape index (κ2) is 6.52. The van der Waals surface area contributed by atoms with Gasteiger partial charge in [-0.1, -0.05) is 12.1 Å². The molecule has 0 saturated carbocycles. The van der Waals surface area contributed by atoms with Crippen LogP contribution in [0.5, 0.6) is 5.75 Å². The summed E-state index contributed by atoms with van der Waals surface area (Å²) in [6, 6.07) is 8.17. The predicted molar refractivity (Wildman–Crippen MR) is 94.5 cm³/mol. The lowest BCUT2D eigenvalue weighted by atomic mass is 9.75. The van der Waals surface area contributed by atoms with Gasteiger partial charge in [0.15, 0.2) is 0 Å². The topological polar surface area (TPSA) is 79.0 Å². The van der Waals surface area contributed by atoms with Crippen molar-refractivity contribution >= 4 is 5.91 Å². The lowest BCUT2D eigenvalue weighted by molar-refractivity contribution is -0.134. The maximum absolute atomic E-state index is 13.0. The molecule has 1 fully saturated rings. The van der Waals surface area contributed by atoms with Crippen molar-refractivity contribution in [3.8, 4) is 5.75 Å². The number of aryl methyl sites for hydroxylation is 1. The van der Waals surface area contributed by atoms with Crippen LogP contribution in [0.4, 0.5) is 0 Å². The molecule has 1 aliphatic heterocycles. The van der Waals surface area contributed by atoms with Gasteiger partial charge in [-0.05, 0) is 42.5 Å². The lowest BCUT2D eigenvalue weighted by Gasteiger charge is -2.42. The highest BCUT2D eigenvalue weighted by Gasteiger charge is 2.45. The normalized spacial score (nSPS) is 21.1. The molecule has 2 heterocycles. The van der Waals surface area contributed by atoms with E-state index in [1.807, 2.05) is 24.4 Å². The molecule has 1 aliphatic carbocycles. The van der Waals surface area contributed by atoms with E-state index in [1.165, 1.54) is 5.56 Å². The molecule has 132 valence electrons. The Kier molecular flexibility index (Phi) is 4.21. The second-order valence-electron chi connectivity index (χ2n) is 7.20. The maximum Gasteiger partial charge on any atom is 0.229 e. The summed E-state index contributed by atoms with van der Waals surface area (Å²) in [5.74, 6) is 0.987. The van der Waals surface area contributed by atoms with Crippen LogP contribution < -0.4 is 15.4 Å². The molecule has 4 rings (SSSR count). The van der Waals surface area contributed by atoms with Gasteiger partial charge in [0, 0.05) is 31.2 Å². The average molecular weight is 340 g/mol. The van der Waals surface area contributed by atoms with E-state index < -0.39 is 0 Å². The summed E-state index contributed by atoms with van der Waals surface area (Å²) in [7, 11) is 1.67. The van der Waals surface area contributed by atoms with E-state index in [-0.39, 0.29) is 17.4 Å². The van der Waals surface area contributed by atoms with E-state index in [4.69, 9.17) is 4.74 Å². The third-order valence-corrected chi connectivity index (χ3v) is 5.44. The highest BCUT2D eigenvalue weighted by atomic mass is 16.5. The largest absolute Gasteiger partial charge is 0.497 e. The first-order valence-corrected chi connectivity index (χ1v) is 8.84. The molecular formula is C19H24N4O2. The number of carbonyl (C=O) groups is 1. The van der Waals surface area contributed by atoms with Crippen molar-refractivity contribution in [1.29, 1.82) is 0 Å². The van der Waals surface area contributed by atoms with Gasteiger partial charge in [-0.15, -0.1) is 0 Å². The Morgan fingerprint density at radius 2 is 2.32 bits per heavy atom. The van der Waals surface area contributed by atoms with Crippen LogP contribution in [0, 0.1) is 5.41 Å². The molecule has 6 nitrogen and oxygen atoms in total. The standard InChI is InChI=1S/C19H24N4O2/c1-25-16-4-2-3-13(7-16)9-19(11-20-12-19)18(24)22-15-6-5-14-10-21-23-17(14)8-15/h2-4,7,10,15,20H,5-6,8-9,11-12H2,1H3,(H,21,23)(H,22,24). The zero-order valence-electron chi connectivity index (χ0n) is 14.5. The first-order chi connectivity index (χ1) is 12.2. The highest BCUT2D eigenvalue weighted by molar-refractivity contribution is 5.85. The molecule has 1 aromatic heterocycles. The van der Waals surface area contributed by atoms with Gasteiger partial charge in [0.05, 0.1) is 18.7 Å². The SMILES string of the molecule is COc1cccc(CC2(C(=O)NC3CCc4cn[nH]c4C3)CNC2)c1. The number of nitrogens with one attached hydrogen (secondary N) is 3. The number of amides is 1. The number of aromatic nitrogens is 2. The number of rotatable bonds is 5. The maximum atomic E-state index is 13.0. The molecule has 0 radical (unpaired) electrons. The van der Waals surface area contributed by atoms with Gasteiger partial charge < -0.3 is 15.4 Å². The summed E-state index contributed by atoms with van der Waals surface area (Å²) in [6.07, 6.45) is 5.40. The minimum Gasteiger partial charge on any atom is -0.497 e. The fraction of sp³-hybridized carbons (Fsp3) is 0.474. The fourth-order valence-corrected chi connectivity index (χ4v) is 3.84. The monoisotopic (exact) mass is 340 g/mol. The summed E-state index contributed by atoms with van der Waals surface area (Å²) in [5, 5.41) is 13.7. The highest BCUT2D eigenvalue weighted by Crippen LogP contribution is 2.30. The van der Waals surface area contributed by atoms with Crippen LogP contribution in [-0.4, -0.2) is 42.3 Å². The van der Waals surface area contributed by atoms with Gasteiger partial charge in [0.25, 0.3) is 0 Å². The molecule has 1 atom stereocenters. The van der Waals surface area contributed by atoms with Gasteiger partial charge in [0.2, 0.25) is 5.91 Å². The Balaban J connectivity index is 1.44. The van der Waals surface area contributed by atoms with Crippen molar-refractivity contribution in [3.05, 3.63) is 47.3 Å². The molecule has 25 heavy (non-hydrogen) atoms. The van der Waals surface area contributed by atoms with Crippen LogP contribution in [0.3, 0.4) is 0 Å². The third-order valence-electron chi connectivity index (χ3n) is 5.44. The Bertz CT molecular complexity index is 766. The number of benzene rings is 1. The van der Waals surface area contributed by atoms with Gasteiger partial charge in [-0.25, -0.2) is 0 Å². The minimum absolute atomic E-state index is 0.155. The van der Waals surface area contributed by atoms with E-state index >= 15 is 0 Å². The number of fused-ring (bicyclic) bond motifs is 1. The molecule has 2 aliphatic rings. The number of H-pyrrole nitrogens is 1. The molecule has 0 bridgehead atoms. The summed E-state index contributed by atoms with van der Waals surface area (Å²) in [4.78, 5) is 13.0. The van der Waals surface area contributed by atoms with Crippen LogP contribution in [0.15, 0.2) is 30.5 Å². The van der Waals surface area contributed by atoms with Crippen molar-refractivity contribution in [3.63, 3.8) is 0 Å². The smallest absolute Gasteiger partial charge is 0.229 e. The lowest BCUT2D eigenvalue weighted by Crippen LogP contribution is -2.63. The Hall–Kier alpha value is -2.34. The first kappa shape index (κ1) is 16.1. The zero-order chi connectivity index (χ0) is 17.3. The number of ether oxygens (including phenoxy) is 1. The van der Waals surface area contributed by atoms with Crippen LogP contribution in [0.1, 0.15) is 23.2 Å². The number of carbonyl (C=O) groups excluding carboxylic acids is 1. The Morgan fingerprint density at radius 3 is 3.08 bits per heavy atom. The number of aromatic amines is 1. The molecule has 1 aromatic carbocycles. The molecule has 1 saturated heterocycles. The molecular weight excluding hydrogens is 316 g/mol. The van der Waals surface area contributed by atoms with E-state index in [9.17, 15) is 4.79 Å². The second-order valence-corrected chi connectivity index (χ2v) is 7.20. The van der Waals surface area contributed by atoms with Gasteiger partial charge in [-0.2, -0.15) is 5.10 Å². The summed E-state index contributed by atoms with van der Waals surface area (Å²) >= 11 is 0. The molecule has 1 amide bonds. The predicted octanol–water partition coefficient (Wildman–Crippen LogP) is 1.22. The third kappa shape index (κ3) is 3.14. The quantitative estimate of drug-likeness (QED) is 0.765. The van der Waals surface area contributed by atoms with Gasteiger partial charge in [-0.3, -0.25) is 9.89 Å². The number of hydrogen-bond acceptors (Lipinski definition) is 4. The Labute approximate surface area is 147 Å². The van der Waals surface area contributed by atoms with Crippen LogP contribution in [0.25, 0.3) is 0 Å². The van der Waals surface area contributed by atoms with Crippen LogP contribution in [-0.2, 0) is 24.1 Å². The van der Waals surface area contributed by atoms with E-state index in [0.29, 0.717) is 0 Å². The average Bonchev–Trinajstić information content (AvgIpc) is 3.06. The van der Waals surface area contributed by atoms with Crippen molar-refractivity contribution in [2.24, 2.45) is 5.41 Å². The van der Waals surface area contributed by atoms with Gasteiger partial charge >= 0.3 is 0 Å². The summed E-state index contributed by atoms with van der Waals surface area (Å²) in [5.41, 5.74) is 3.21. The minimum atomic E-state index is -0.360. The number of methoxy groups -OCH3 is 1. The summed E-state index contributed by atoms with van der Waals surface area (Å²) < 4.78 is 5.30. The molecule has 6 heteroatoms. The first-order valence-electron chi connectivity index (χ1n) is 8.84. The van der Waals surface area contributed by atoms with Gasteiger partial charge in [0.1, 0.15) is 5.75 Å². The van der Waals surface area contributed by atoms with Crippen molar-refractivity contribution in [1.82, 2.24) is 20.8 Å². The van der Waals surface area contributed by atoms with Crippen molar-refractivity contribution < 1.29 is 9.53 Å². The zero-order valence-corrected chi connectivity index (χ0v) is 14.5. The molecule has 3 N–H and O–H groups in total. The van der Waals surface area contributed by atoms with Crippen LogP contribution in [0.2, 0.25) is 0 Å². The molecule has 1 unspecified atom stereocenters. The number of nitrogens with zero attached hydrogens (tertiary/aromatic N) is 1. The summed E-state index contributed by atoms with van der Waals surface area (Å²) in [6.45, 7) is 1.44. The van der Waals surface area contributed by atoms with Crippen LogP contribution >= 0.6 is 0 Å². The van der Waals surface area contributed by atoms with Crippen molar-refractivity contribution in [2.45, 2.75) is 31.7 Å². The molecule has 0 spiro atoms. The fourth-order valence-electron chi connectivity index (χ4n) is 3.84. The number of hydrogen-bond donors (Lipinski definition) is 3. The molecule has 2 aromatic rings. The van der Waals surface area contributed by atoms with Crippen molar-refractivity contribution in [2.75, 3.05) is 20.2 Å². The van der Waals surface area contributed by atoms with E-state index in [0.717, 1.165) is 55.8 Å². The Morgan fingerprint density at radius 1 is 1.44 bits per heavy atom. The van der Waals surface area contributed by atoms with E-state index in [1.54, 1.807) is 7.11 Å². The van der Waals surface area contributed by atoms with E-state index in [2.05, 4.69) is 26.9 Å².